The molecule has 38 heavy (non-hydrogen) atoms. The van der Waals surface area contributed by atoms with E-state index < -0.39 is 0 Å². The monoisotopic (exact) mass is 509 g/mol. The molecule has 2 N–H and O–H groups in total. The van der Waals surface area contributed by atoms with Crippen molar-refractivity contribution >= 4 is 29.2 Å². The number of hydrogen-bond acceptors (Lipinski definition) is 8. The summed E-state index contributed by atoms with van der Waals surface area (Å²) in [6.45, 7) is 16.0. The largest absolute Gasteiger partial charge is 0.477 e. The van der Waals surface area contributed by atoms with Gasteiger partial charge in [-0.15, -0.1) is 0 Å². The van der Waals surface area contributed by atoms with Crippen LogP contribution in [0.3, 0.4) is 0 Å². The van der Waals surface area contributed by atoms with E-state index in [0.717, 1.165) is 67.3 Å². The van der Waals surface area contributed by atoms with E-state index in [4.69, 9.17) is 21.3 Å². The fourth-order valence-electron chi connectivity index (χ4n) is 4.21. The van der Waals surface area contributed by atoms with Gasteiger partial charge >= 0.3 is 0 Å². The number of morpholine rings is 1. The van der Waals surface area contributed by atoms with Gasteiger partial charge in [0.25, 0.3) is 0 Å². The van der Waals surface area contributed by atoms with E-state index in [1.165, 1.54) is 6.20 Å². The summed E-state index contributed by atoms with van der Waals surface area (Å²) in [6.07, 6.45) is 4.13. The Labute approximate surface area is 223 Å². The molecule has 1 aromatic heterocycles. The van der Waals surface area contributed by atoms with Gasteiger partial charge in [0.2, 0.25) is 11.8 Å². The summed E-state index contributed by atoms with van der Waals surface area (Å²) < 4.78 is 11.5. The van der Waals surface area contributed by atoms with Gasteiger partial charge in [-0.2, -0.15) is 15.2 Å². The van der Waals surface area contributed by atoms with E-state index in [9.17, 15) is 0 Å². The van der Waals surface area contributed by atoms with Gasteiger partial charge < -0.3 is 20.1 Å². The quantitative estimate of drug-likeness (QED) is 0.275. The number of anilines is 4. The van der Waals surface area contributed by atoms with Crippen LogP contribution in [0.4, 0.5) is 23.1 Å². The minimum atomic E-state index is 0.384. The zero-order valence-electron chi connectivity index (χ0n) is 21.7. The van der Waals surface area contributed by atoms with Gasteiger partial charge in [-0.25, -0.2) is 4.85 Å². The Morgan fingerprint density at radius 1 is 1.11 bits per heavy atom. The van der Waals surface area contributed by atoms with Crippen LogP contribution in [0.5, 0.6) is 5.88 Å². The van der Waals surface area contributed by atoms with E-state index >= 15 is 0 Å². The second-order valence-electron chi connectivity index (χ2n) is 8.98. The minimum absolute atomic E-state index is 0.384. The molecule has 0 atom stereocenters. The van der Waals surface area contributed by atoms with Gasteiger partial charge in [0.05, 0.1) is 38.0 Å². The molecule has 0 radical (unpaired) electrons. The Morgan fingerprint density at radius 3 is 2.53 bits per heavy atom. The van der Waals surface area contributed by atoms with Crippen LogP contribution in [0, 0.1) is 31.8 Å². The van der Waals surface area contributed by atoms with Crippen molar-refractivity contribution in [2.45, 2.75) is 20.3 Å². The molecule has 9 heteroatoms. The topological polar surface area (TPSA) is 99.7 Å². The molecule has 1 aliphatic heterocycles. The lowest BCUT2D eigenvalue weighted by molar-refractivity contribution is 0.0357. The lowest BCUT2D eigenvalue weighted by Gasteiger charge is -2.26. The van der Waals surface area contributed by atoms with Crippen molar-refractivity contribution in [3.8, 4) is 11.9 Å². The van der Waals surface area contributed by atoms with Crippen LogP contribution in [-0.4, -0.2) is 54.3 Å². The second-order valence-corrected chi connectivity index (χ2v) is 8.98. The van der Waals surface area contributed by atoms with Crippen LogP contribution in [0.2, 0.25) is 0 Å². The van der Waals surface area contributed by atoms with Gasteiger partial charge in [-0.05, 0) is 61.2 Å². The highest BCUT2D eigenvalue weighted by Gasteiger charge is 2.12. The lowest BCUT2D eigenvalue weighted by atomic mass is 10.0. The van der Waals surface area contributed by atoms with Crippen LogP contribution in [-0.2, 0) is 4.74 Å². The molecular weight excluding hydrogens is 478 g/mol. The Balaban J connectivity index is 1.53. The van der Waals surface area contributed by atoms with Crippen LogP contribution in [0.1, 0.15) is 28.7 Å². The molecule has 4 rings (SSSR count). The number of nitriles is 1. The van der Waals surface area contributed by atoms with Gasteiger partial charge in [-0.3, -0.25) is 4.90 Å². The highest BCUT2D eigenvalue weighted by molar-refractivity contribution is 5.69. The van der Waals surface area contributed by atoms with Crippen molar-refractivity contribution in [2.24, 2.45) is 0 Å². The number of hydrogen-bond donors (Lipinski definition) is 2. The van der Waals surface area contributed by atoms with E-state index in [0.29, 0.717) is 29.8 Å². The molecule has 1 fully saturated rings. The van der Waals surface area contributed by atoms with Gasteiger partial charge in [-0.1, -0.05) is 18.2 Å². The maximum atomic E-state index is 9.08. The first-order valence-corrected chi connectivity index (χ1v) is 12.5. The standard InChI is InChI=1S/C29H31N7O2/c1-21-17-24(9-10-31-3)18-22(2)28(21)33-26-19-27(38-14-4-11-36-12-15-37-16-13-36)35-29(34-26)32-25-7-5-23(20-30)6-8-25/h5-10,17-19H,4,11-16H2,1-2H3,(H2,32,33,34,35)/b10-9+. The zero-order valence-corrected chi connectivity index (χ0v) is 21.7. The summed E-state index contributed by atoms with van der Waals surface area (Å²) in [7, 11) is 0. The summed E-state index contributed by atoms with van der Waals surface area (Å²) in [4.78, 5) is 14.9. The van der Waals surface area contributed by atoms with Crippen molar-refractivity contribution < 1.29 is 9.47 Å². The third kappa shape index (κ3) is 7.53. The van der Waals surface area contributed by atoms with Crippen LogP contribution >= 0.6 is 0 Å². The molecule has 0 unspecified atom stereocenters. The fraction of sp³-hybridized carbons (Fsp3) is 0.310. The molecule has 3 aromatic rings. The molecule has 1 saturated heterocycles. The molecule has 2 aromatic carbocycles. The third-order valence-corrected chi connectivity index (χ3v) is 6.09. The first-order valence-electron chi connectivity index (χ1n) is 12.5. The summed E-state index contributed by atoms with van der Waals surface area (Å²) in [6, 6.07) is 15.1. The molecule has 0 bridgehead atoms. The van der Waals surface area contributed by atoms with Crippen LogP contribution in [0.15, 0.2) is 48.7 Å². The second kappa shape index (κ2) is 13.2. The van der Waals surface area contributed by atoms with Crippen molar-refractivity contribution in [3.05, 3.63) is 82.3 Å². The lowest BCUT2D eigenvalue weighted by Crippen LogP contribution is -2.37. The molecule has 0 spiro atoms. The first-order chi connectivity index (χ1) is 18.5. The molecule has 9 nitrogen and oxygen atoms in total. The Hall–Kier alpha value is -4.44. The Morgan fingerprint density at radius 2 is 1.84 bits per heavy atom. The molecule has 0 saturated carbocycles. The predicted molar refractivity (Wildman–Crippen MR) is 149 cm³/mol. The van der Waals surface area contributed by atoms with E-state index in [2.05, 4.69) is 36.4 Å². The number of rotatable bonds is 10. The summed E-state index contributed by atoms with van der Waals surface area (Å²) in [5.41, 5.74) is 5.31. The molecule has 194 valence electrons. The number of aryl methyl sites for hydroxylation is 2. The molecule has 1 aliphatic rings. The summed E-state index contributed by atoms with van der Waals surface area (Å²) in [5, 5.41) is 15.7. The third-order valence-electron chi connectivity index (χ3n) is 6.09. The SMILES string of the molecule is [C-]#[N+]/C=C/c1cc(C)c(Nc2cc(OCCCN3CCOCC3)nc(Nc3ccc(C#N)cc3)n2)c(C)c1. The number of aromatic nitrogens is 2. The highest BCUT2D eigenvalue weighted by Crippen LogP contribution is 2.28. The van der Waals surface area contributed by atoms with E-state index in [1.807, 2.05) is 38.1 Å². The van der Waals surface area contributed by atoms with Gasteiger partial charge in [0.15, 0.2) is 6.20 Å². The number of nitrogens with zero attached hydrogens (tertiary/aromatic N) is 5. The van der Waals surface area contributed by atoms with E-state index in [-0.39, 0.29) is 0 Å². The fourth-order valence-corrected chi connectivity index (χ4v) is 4.21. The first kappa shape index (κ1) is 26.6. The van der Waals surface area contributed by atoms with E-state index in [1.54, 1.807) is 24.3 Å². The number of ether oxygens (including phenoxy) is 2. The maximum absolute atomic E-state index is 9.08. The van der Waals surface area contributed by atoms with Crippen molar-refractivity contribution in [1.29, 1.82) is 5.26 Å². The average Bonchev–Trinajstić information content (AvgIpc) is 2.93. The zero-order chi connectivity index (χ0) is 26.7. The van der Waals surface area contributed by atoms with Crippen molar-refractivity contribution in [2.75, 3.05) is 50.1 Å². The molecule has 2 heterocycles. The Kier molecular flexibility index (Phi) is 9.25. The Bertz CT molecular complexity index is 1330. The van der Waals surface area contributed by atoms with Crippen molar-refractivity contribution in [3.63, 3.8) is 0 Å². The summed E-state index contributed by atoms with van der Waals surface area (Å²) >= 11 is 0. The summed E-state index contributed by atoms with van der Waals surface area (Å²) in [5.74, 6) is 1.44. The number of benzene rings is 2. The average molecular weight is 510 g/mol. The molecular formula is C29H31N7O2. The van der Waals surface area contributed by atoms with Crippen LogP contribution < -0.4 is 15.4 Å². The minimum Gasteiger partial charge on any atom is -0.477 e. The van der Waals surface area contributed by atoms with Crippen molar-refractivity contribution in [1.82, 2.24) is 14.9 Å². The highest BCUT2D eigenvalue weighted by atomic mass is 16.5. The van der Waals surface area contributed by atoms with Gasteiger partial charge in [0.1, 0.15) is 5.82 Å². The van der Waals surface area contributed by atoms with Crippen LogP contribution in [0.25, 0.3) is 10.9 Å². The predicted octanol–water partition coefficient (Wildman–Crippen LogP) is 5.44. The smallest absolute Gasteiger partial charge is 0.232 e. The molecule has 0 aliphatic carbocycles. The van der Waals surface area contributed by atoms with Gasteiger partial charge in [0, 0.05) is 37.1 Å². The molecule has 0 amide bonds. The normalized spacial score (nSPS) is 13.6. The maximum Gasteiger partial charge on any atom is 0.232 e. The number of nitrogens with one attached hydrogen (secondary N) is 2.